The maximum absolute atomic E-state index is 14.7. The standard InChI is InChI=1S/C30H24ClF7N4O5/c1-3-46-26-15(10-21(39)43)9-20(42-25(26)17-4-5-18(32)23(33)22(17)31)29(45,30(36,37)38)12-41-27(44)16-7-14-6-13(2)11-40-24(14)19(8-16)47-28(34)35/h4-9,11,28,45H,3,10,12H2,1-2H3,(H2,39,43)(H,41,44)/t29-/m0/s1. The van der Waals surface area contributed by atoms with Gasteiger partial charge in [-0.25, -0.2) is 13.8 Å². The number of aliphatic hydroxyl groups is 1. The number of benzene rings is 2. The Morgan fingerprint density at radius 1 is 1.13 bits per heavy atom. The molecule has 2 aromatic heterocycles. The van der Waals surface area contributed by atoms with E-state index in [9.17, 15) is 45.4 Å². The second-order valence-electron chi connectivity index (χ2n) is 10.1. The molecule has 0 aliphatic carbocycles. The van der Waals surface area contributed by atoms with Crippen LogP contribution in [0.4, 0.5) is 30.7 Å². The van der Waals surface area contributed by atoms with E-state index in [1.807, 2.05) is 5.32 Å². The van der Waals surface area contributed by atoms with Crippen molar-refractivity contribution in [2.75, 3.05) is 13.2 Å². The minimum absolute atomic E-state index is 0.0526. The average Bonchev–Trinajstić information content (AvgIpc) is 2.98. The number of fused-ring (bicyclic) bond motifs is 1. The summed E-state index contributed by atoms with van der Waals surface area (Å²) in [4.78, 5) is 32.9. The van der Waals surface area contributed by atoms with E-state index in [2.05, 4.69) is 14.7 Å². The summed E-state index contributed by atoms with van der Waals surface area (Å²) in [6.45, 7) is -1.98. The molecule has 0 radical (unpaired) electrons. The second kappa shape index (κ2) is 13.6. The number of alkyl halides is 5. The van der Waals surface area contributed by atoms with Gasteiger partial charge in [0.05, 0.1) is 30.3 Å². The SMILES string of the molecule is CCOc1c(CC(N)=O)cc([C@@](O)(CNC(=O)c2cc(OC(F)F)c3ncc(C)cc3c2)C(F)(F)F)nc1-c1ccc(F)c(F)c1Cl. The fourth-order valence-electron chi connectivity index (χ4n) is 4.60. The minimum Gasteiger partial charge on any atom is -0.491 e. The van der Waals surface area contributed by atoms with E-state index in [1.165, 1.54) is 25.3 Å². The summed E-state index contributed by atoms with van der Waals surface area (Å²) in [6, 6.07) is 5.65. The molecule has 2 heterocycles. The smallest absolute Gasteiger partial charge is 0.424 e. The Hall–Kier alpha value is -4.70. The third-order valence-corrected chi connectivity index (χ3v) is 7.12. The number of nitrogens with zero attached hydrogens (tertiary/aromatic N) is 2. The van der Waals surface area contributed by atoms with Crippen LogP contribution in [0.5, 0.6) is 11.5 Å². The van der Waals surface area contributed by atoms with Gasteiger partial charge in [-0.2, -0.15) is 22.0 Å². The van der Waals surface area contributed by atoms with Crippen molar-refractivity contribution in [2.24, 2.45) is 5.73 Å². The van der Waals surface area contributed by atoms with Crippen LogP contribution in [0, 0.1) is 18.6 Å². The summed E-state index contributed by atoms with van der Waals surface area (Å²) in [6.07, 6.45) is -4.98. The van der Waals surface area contributed by atoms with Crippen LogP contribution in [0.25, 0.3) is 22.2 Å². The number of hydrogen-bond donors (Lipinski definition) is 3. The predicted molar refractivity (Wildman–Crippen MR) is 154 cm³/mol. The Bertz CT molecular complexity index is 1860. The van der Waals surface area contributed by atoms with E-state index in [0.717, 1.165) is 12.1 Å². The highest BCUT2D eigenvalue weighted by atomic mass is 35.5. The van der Waals surface area contributed by atoms with Crippen LogP contribution in [-0.2, 0) is 16.8 Å². The van der Waals surface area contributed by atoms with Crippen LogP contribution in [-0.4, -0.2) is 52.8 Å². The Labute approximate surface area is 266 Å². The zero-order chi connectivity index (χ0) is 34.8. The number of halogens is 8. The van der Waals surface area contributed by atoms with Crippen molar-refractivity contribution in [3.63, 3.8) is 0 Å². The number of nitrogens with two attached hydrogens (primary N) is 1. The normalized spacial score (nSPS) is 13.0. The molecular formula is C30H24ClF7N4O5. The Balaban J connectivity index is 1.85. The molecule has 250 valence electrons. The Morgan fingerprint density at radius 2 is 1.83 bits per heavy atom. The first-order valence-corrected chi connectivity index (χ1v) is 13.9. The van der Waals surface area contributed by atoms with Gasteiger partial charge in [-0.1, -0.05) is 11.6 Å². The van der Waals surface area contributed by atoms with Crippen LogP contribution >= 0.6 is 11.6 Å². The van der Waals surface area contributed by atoms with Crippen molar-refractivity contribution >= 4 is 34.3 Å². The molecule has 0 spiro atoms. The fourth-order valence-corrected chi connectivity index (χ4v) is 4.85. The van der Waals surface area contributed by atoms with Crippen molar-refractivity contribution in [3.05, 3.63) is 81.6 Å². The Kier molecular flexibility index (Phi) is 10.2. The summed E-state index contributed by atoms with van der Waals surface area (Å²) in [5.41, 5.74) is -1.22. The van der Waals surface area contributed by atoms with E-state index in [0.29, 0.717) is 17.7 Å². The zero-order valence-electron chi connectivity index (χ0n) is 24.3. The molecule has 4 N–H and O–H groups in total. The zero-order valence-corrected chi connectivity index (χ0v) is 25.1. The summed E-state index contributed by atoms with van der Waals surface area (Å²) in [5, 5.41) is 12.3. The summed E-state index contributed by atoms with van der Waals surface area (Å²) in [5.74, 6) is -6.14. The number of rotatable bonds is 11. The van der Waals surface area contributed by atoms with Crippen molar-refractivity contribution in [3.8, 4) is 22.8 Å². The summed E-state index contributed by atoms with van der Waals surface area (Å²) >= 11 is 5.98. The highest BCUT2D eigenvalue weighted by molar-refractivity contribution is 6.33. The lowest BCUT2D eigenvalue weighted by Gasteiger charge is -2.31. The van der Waals surface area contributed by atoms with Gasteiger partial charge in [0.1, 0.15) is 17.0 Å². The van der Waals surface area contributed by atoms with E-state index in [4.69, 9.17) is 22.1 Å². The van der Waals surface area contributed by atoms with Crippen molar-refractivity contribution in [1.29, 1.82) is 0 Å². The first-order valence-electron chi connectivity index (χ1n) is 13.5. The van der Waals surface area contributed by atoms with Crippen molar-refractivity contribution in [2.45, 2.75) is 38.7 Å². The molecule has 1 atom stereocenters. The molecule has 0 saturated carbocycles. The third-order valence-electron chi connectivity index (χ3n) is 6.75. The van der Waals surface area contributed by atoms with Crippen LogP contribution in [0.15, 0.2) is 42.6 Å². The van der Waals surface area contributed by atoms with Crippen molar-refractivity contribution < 1.29 is 54.9 Å². The molecule has 0 unspecified atom stereocenters. The number of amides is 2. The van der Waals surface area contributed by atoms with Gasteiger partial charge in [0, 0.05) is 28.3 Å². The lowest BCUT2D eigenvalue weighted by Crippen LogP contribution is -2.51. The highest BCUT2D eigenvalue weighted by Crippen LogP contribution is 2.43. The number of nitrogens with one attached hydrogen (secondary N) is 1. The molecule has 2 aromatic carbocycles. The quantitative estimate of drug-likeness (QED) is 0.135. The van der Waals surface area contributed by atoms with Crippen LogP contribution in [0.1, 0.15) is 34.1 Å². The van der Waals surface area contributed by atoms with Crippen LogP contribution in [0.2, 0.25) is 5.02 Å². The van der Waals surface area contributed by atoms with Gasteiger partial charge in [-0.3, -0.25) is 14.6 Å². The lowest BCUT2D eigenvalue weighted by atomic mass is 9.93. The maximum Gasteiger partial charge on any atom is 0.424 e. The van der Waals surface area contributed by atoms with E-state index < -0.39 is 88.1 Å². The van der Waals surface area contributed by atoms with E-state index in [1.54, 1.807) is 6.92 Å². The monoisotopic (exact) mass is 688 g/mol. The second-order valence-corrected chi connectivity index (χ2v) is 10.5. The van der Waals surface area contributed by atoms with Gasteiger partial charge < -0.3 is 25.6 Å². The topological polar surface area (TPSA) is 137 Å². The van der Waals surface area contributed by atoms with Gasteiger partial charge in [-0.05, 0) is 55.8 Å². The minimum atomic E-state index is -5.58. The first-order chi connectivity index (χ1) is 22.0. The number of primary amides is 1. The molecule has 17 heteroatoms. The van der Waals surface area contributed by atoms with Gasteiger partial charge >= 0.3 is 12.8 Å². The molecule has 9 nitrogen and oxygen atoms in total. The Morgan fingerprint density at radius 3 is 2.45 bits per heavy atom. The number of carbonyl (C=O) groups excluding carboxylic acids is 2. The number of hydrogen-bond acceptors (Lipinski definition) is 7. The lowest BCUT2D eigenvalue weighted by molar-refractivity contribution is -0.265. The molecule has 2 amide bonds. The van der Waals surface area contributed by atoms with Crippen LogP contribution < -0.4 is 20.5 Å². The molecular weight excluding hydrogens is 665 g/mol. The van der Waals surface area contributed by atoms with Gasteiger partial charge in [0.2, 0.25) is 11.5 Å². The van der Waals surface area contributed by atoms with Gasteiger partial charge in [0.25, 0.3) is 5.91 Å². The third kappa shape index (κ3) is 7.33. The number of aromatic nitrogens is 2. The number of ether oxygens (including phenoxy) is 2. The number of aryl methyl sites for hydroxylation is 1. The molecule has 0 bridgehead atoms. The molecule has 0 aliphatic heterocycles. The predicted octanol–water partition coefficient (Wildman–Crippen LogP) is 5.74. The van der Waals surface area contributed by atoms with E-state index in [-0.39, 0.29) is 28.8 Å². The summed E-state index contributed by atoms with van der Waals surface area (Å²) < 4.78 is 108. The molecule has 47 heavy (non-hydrogen) atoms. The first kappa shape index (κ1) is 35.2. The fraction of sp³-hybridized carbons (Fsp3) is 0.267. The maximum atomic E-state index is 14.7. The highest BCUT2D eigenvalue weighted by Gasteiger charge is 2.57. The molecule has 4 aromatic rings. The summed E-state index contributed by atoms with van der Waals surface area (Å²) in [7, 11) is 0. The van der Waals surface area contributed by atoms with Gasteiger partial charge in [0.15, 0.2) is 17.4 Å². The number of carbonyl (C=O) groups is 2. The molecule has 4 rings (SSSR count). The molecule has 0 saturated heterocycles. The van der Waals surface area contributed by atoms with E-state index >= 15 is 0 Å². The van der Waals surface area contributed by atoms with Gasteiger partial charge in [-0.15, -0.1) is 0 Å². The number of pyridine rings is 2. The van der Waals surface area contributed by atoms with Crippen LogP contribution in [0.3, 0.4) is 0 Å². The largest absolute Gasteiger partial charge is 0.491 e. The molecule has 0 aliphatic rings. The molecule has 0 fully saturated rings. The van der Waals surface area contributed by atoms with Crippen molar-refractivity contribution in [1.82, 2.24) is 15.3 Å². The average molecular weight is 689 g/mol.